The van der Waals surface area contributed by atoms with Gasteiger partial charge >= 0.3 is 17.9 Å². The molecule has 6 heteroatoms. The highest BCUT2D eigenvalue weighted by Gasteiger charge is 2.19. The Balaban J connectivity index is 4.17. The molecule has 408 valence electrons. The summed E-state index contributed by atoms with van der Waals surface area (Å²) in [6.45, 7) is 6.43. The Hall–Kier alpha value is -4.19. The molecule has 1 unspecified atom stereocenters. The van der Waals surface area contributed by atoms with Crippen LogP contribution in [0.25, 0.3) is 0 Å². The Labute approximate surface area is 443 Å². The summed E-state index contributed by atoms with van der Waals surface area (Å²) in [7, 11) is 0. The van der Waals surface area contributed by atoms with E-state index >= 15 is 0 Å². The molecular formula is C66H108O6. The molecule has 72 heavy (non-hydrogen) atoms. The van der Waals surface area contributed by atoms with Gasteiger partial charge in [-0.3, -0.25) is 14.4 Å². The Morgan fingerprint density at radius 1 is 0.292 bits per heavy atom. The third-order valence-corrected chi connectivity index (χ3v) is 12.2. The van der Waals surface area contributed by atoms with E-state index in [1.807, 2.05) is 0 Å². The molecule has 0 aliphatic heterocycles. The van der Waals surface area contributed by atoms with Crippen LogP contribution in [0.1, 0.15) is 258 Å². The van der Waals surface area contributed by atoms with Crippen LogP contribution >= 0.6 is 0 Å². The lowest BCUT2D eigenvalue weighted by atomic mass is 10.1. The van der Waals surface area contributed by atoms with Crippen molar-refractivity contribution in [2.24, 2.45) is 0 Å². The molecule has 0 aliphatic rings. The summed E-state index contributed by atoms with van der Waals surface area (Å²) in [6, 6.07) is 0. The summed E-state index contributed by atoms with van der Waals surface area (Å²) in [5.74, 6) is -0.929. The summed E-state index contributed by atoms with van der Waals surface area (Å²) >= 11 is 0. The minimum absolute atomic E-state index is 0.0888. The largest absolute Gasteiger partial charge is 0.462 e. The van der Waals surface area contributed by atoms with E-state index in [2.05, 4.69) is 142 Å². The quantitative estimate of drug-likeness (QED) is 0.0261. The van der Waals surface area contributed by atoms with Gasteiger partial charge in [0.1, 0.15) is 13.2 Å². The molecule has 0 radical (unpaired) electrons. The van der Waals surface area contributed by atoms with Gasteiger partial charge in [-0.05, 0) is 116 Å². The monoisotopic (exact) mass is 997 g/mol. The molecule has 0 heterocycles. The number of ether oxygens (including phenoxy) is 3. The number of hydrogen-bond donors (Lipinski definition) is 0. The molecule has 0 saturated carbocycles. The Bertz CT molecular complexity index is 1520. The van der Waals surface area contributed by atoms with Gasteiger partial charge < -0.3 is 14.2 Å². The van der Waals surface area contributed by atoms with Gasteiger partial charge in [0, 0.05) is 19.3 Å². The Morgan fingerprint density at radius 3 is 0.861 bits per heavy atom. The average molecular weight is 998 g/mol. The maximum Gasteiger partial charge on any atom is 0.306 e. The van der Waals surface area contributed by atoms with Crippen LogP contribution in [-0.2, 0) is 28.6 Å². The van der Waals surface area contributed by atoms with E-state index in [4.69, 9.17) is 14.2 Å². The van der Waals surface area contributed by atoms with Crippen LogP contribution in [0.5, 0.6) is 0 Å². The van der Waals surface area contributed by atoms with Crippen molar-refractivity contribution in [3.63, 3.8) is 0 Å². The Morgan fingerprint density at radius 2 is 0.542 bits per heavy atom. The van der Waals surface area contributed by atoms with Gasteiger partial charge in [-0.25, -0.2) is 0 Å². The first-order valence-corrected chi connectivity index (χ1v) is 29.5. The smallest absolute Gasteiger partial charge is 0.306 e. The standard InChI is InChI=1S/C66H108O6/c1-4-7-10-13-16-18-20-22-24-25-26-27-28-29-30-31-32-33-34-35-36-37-38-39-40-41-43-44-46-48-50-53-56-59-65(68)71-62-63(61-70-64(67)58-55-52-15-12-9-6-3)72-66(69)60-57-54-51-49-47-45-42-23-21-19-17-14-11-8-5-2/h7,10,16,18,22-24,26-27,29-30,32-33,35-36,38-39,41-43,63H,4-6,8-9,11-15,17,19-21,25,28,31,34,37,40,44-62H2,1-3H3/b10-7-,18-16-,24-22-,27-26-,30-29-,33-32-,36-35-,39-38-,42-23-,43-41-. The molecule has 0 aromatic heterocycles. The normalized spacial score (nSPS) is 13.0. The topological polar surface area (TPSA) is 78.9 Å². The van der Waals surface area contributed by atoms with Crippen LogP contribution in [0.2, 0.25) is 0 Å². The predicted octanol–water partition coefficient (Wildman–Crippen LogP) is 20.0. The first kappa shape index (κ1) is 67.8. The molecule has 0 bridgehead atoms. The number of allylic oxidation sites excluding steroid dienone is 20. The fourth-order valence-corrected chi connectivity index (χ4v) is 7.78. The van der Waals surface area contributed by atoms with Gasteiger partial charge in [-0.15, -0.1) is 0 Å². The number of rotatable bonds is 52. The summed E-state index contributed by atoms with van der Waals surface area (Å²) in [5.41, 5.74) is 0. The summed E-state index contributed by atoms with van der Waals surface area (Å²) in [4.78, 5) is 37.8. The fourth-order valence-electron chi connectivity index (χ4n) is 7.78. The molecule has 0 aromatic carbocycles. The van der Waals surface area contributed by atoms with Crippen molar-refractivity contribution in [1.29, 1.82) is 0 Å². The fraction of sp³-hybridized carbons (Fsp3) is 0.652. The molecule has 0 fully saturated rings. The number of esters is 3. The van der Waals surface area contributed by atoms with Gasteiger partial charge in [0.05, 0.1) is 0 Å². The van der Waals surface area contributed by atoms with Crippen molar-refractivity contribution in [3.05, 3.63) is 122 Å². The molecule has 1 atom stereocenters. The SMILES string of the molecule is CC/C=C\C/C=C\C/C=C\C/C=C\C/C=C\C/C=C\C/C=C\C/C=C\C/C=C\CCCCCCCC(=O)OCC(COC(=O)CCCCCCCC)OC(=O)CCCCCCC/C=C\CCCCCCCC. The second kappa shape index (κ2) is 59.4. The summed E-state index contributed by atoms with van der Waals surface area (Å²) in [5, 5.41) is 0. The van der Waals surface area contributed by atoms with Crippen molar-refractivity contribution in [2.45, 2.75) is 264 Å². The lowest BCUT2D eigenvalue weighted by molar-refractivity contribution is -0.167. The van der Waals surface area contributed by atoms with Crippen molar-refractivity contribution in [2.75, 3.05) is 13.2 Å². The van der Waals surface area contributed by atoms with E-state index in [0.29, 0.717) is 19.3 Å². The van der Waals surface area contributed by atoms with E-state index in [9.17, 15) is 14.4 Å². The van der Waals surface area contributed by atoms with Crippen molar-refractivity contribution in [1.82, 2.24) is 0 Å². The van der Waals surface area contributed by atoms with Crippen LogP contribution < -0.4 is 0 Å². The zero-order chi connectivity index (χ0) is 52.2. The van der Waals surface area contributed by atoms with E-state index in [1.165, 1.54) is 70.6 Å². The molecule has 0 amide bonds. The third kappa shape index (κ3) is 56.7. The van der Waals surface area contributed by atoms with Crippen molar-refractivity contribution >= 4 is 17.9 Å². The Kier molecular flexibility index (Phi) is 55.9. The molecule has 0 aliphatic carbocycles. The highest BCUT2D eigenvalue weighted by atomic mass is 16.6. The molecule has 6 nitrogen and oxygen atoms in total. The van der Waals surface area contributed by atoms with Crippen LogP contribution in [0.3, 0.4) is 0 Å². The second-order valence-electron chi connectivity index (χ2n) is 19.2. The molecule has 0 saturated heterocycles. The molecular weight excluding hydrogens is 889 g/mol. The lowest BCUT2D eigenvalue weighted by Gasteiger charge is -2.18. The molecule has 0 spiro atoms. The zero-order valence-corrected chi connectivity index (χ0v) is 46.7. The number of hydrogen-bond acceptors (Lipinski definition) is 6. The number of carbonyl (C=O) groups excluding carboxylic acids is 3. The zero-order valence-electron chi connectivity index (χ0n) is 46.7. The second-order valence-corrected chi connectivity index (χ2v) is 19.2. The summed E-state index contributed by atoms with van der Waals surface area (Å²) < 4.78 is 16.7. The van der Waals surface area contributed by atoms with Gasteiger partial charge in [-0.2, -0.15) is 0 Å². The van der Waals surface area contributed by atoms with Gasteiger partial charge in [0.2, 0.25) is 0 Å². The molecule has 0 rings (SSSR count). The minimum Gasteiger partial charge on any atom is -0.462 e. The van der Waals surface area contributed by atoms with Gasteiger partial charge in [0.25, 0.3) is 0 Å². The molecule has 0 N–H and O–H groups in total. The highest BCUT2D eigenvalue weighted by Crippen LogP contribution is 2.14. The maximum atomic E-state index is 12.8. The lowest BCUT2D eigenvalue weighted by Crippen LogP contribution is -2.30. The minimum atomic E-state index is -0.789. The average Bonchev–Trinajstić information content (AvgIpc) is 3.38. The van der Waals surface area contributed by atoms with Crippen LogP contribution in [0.4, 0.5) is 0 Å². The first-order chi connectivity index (χ1) is 35.5. The first-order valence-electron chi connectivity index (χ1n) is 29.5. The maximum absolute atomic E-state index is 12.8. The molecule has 0 aromatic rings. The van der Waals surface area contributed by atoms with E-state index in [1.54, 1.807) is 0 Å². The third-order valence-electron chi connectivity index (χ3n) is 12.2. The van der Waals surface area contributed by atoms with Gasteiger partial charge in [-0.1, -0.05) is 245 Å². The number of unbranched alkanes of at least 4 members (excludes halogenated alkanes) is 21. The summed E-state index contributed by atoms with van der Waals surface area (Å²) in [6.07, 6.45) is 82.3. The predicted molar refractivity (Wildman–Crippen MR) is 311 cm³/mol. The van der Waals surface area contributed by atoms with E-state index in [0.717, 1.165) is 148 Å². The highest BCUT2D eigenvalue weighted by molar-refractivity contribution is 5.71. The van der Waals surface area contributed by atoms with Crippen LogP contribution in [0.15, 0.2) is 122 Å². The number of carbonyl (C=O) groups is 3. The van der Waals surface area contributed by atoms with Crippen molar-refractivity contribution in [3.8, 4) is 0 Å². The van der Waals surface area contributed by atoms with Crippen molar-refractivity contribution < 1.29 is 28.6 Å². The van der Waals surface area contributed by atoms with E-state index in [-0.39, 0.29) is 31.1 Å². The van der Waals surface area contributed by atoms with E-state index < -0.39 is 6.10 Å². The van der Waals surface area contributed by atoms with Gasteiger partial charge in [0.15, 0.2) is 6.10 Å². The van der Waals surface area contributed by atoms with Crippen LogP contribution in [0, 0.1) is 0 Å². The van der Waals surface area contributed by atoms with Crippen LogP contribution in [-0.4, -0.2) is 37.2 Å².